The summed E-state index contributed by atoms with van der Waals surface area (Å²) >= 11 is 0. The van der Waals surface area contributed by atoms with E-state index in [0.29, 0.717) is 5.95 Å². The zero-order valence-electron chi connectivity index (χ0n) is 10.4. The number of aromatic amines is 1. The van der Waals surface area contributed by atoms with Gasteiger partial charge in [0.15, 0.2) is 6.61 Å². The van der Waals surface area contributed by atoms with E-state index < -0.39 is 0 Å². The van der Waals surface area contributed by atoms with Gasteiger partial charge >= 0.3 is 0 Å². The molecule has 1 aromatic heterocycles. The lowest BCUT2D eigenvalue weighted by Crippen LogP contribution is -2.21. The van der Waals surface area contributed by atoms with E-state index >= 15 is 0 Å². The molecule has 1 amide bonds. The first kappa shape index (κ1) is 12.2. The molecular formula is C13H15N3O2. The molecule has 1 heterocycles. The Morgan fingerprint density at radius 2 is 2.28 bits per heavy atom. The highest BCUT2D eigenvalue weighted by Crippen LogP contribution is 2.20. The topological polar surface area (TPSA) is 67.0 Å². The smallest absolute Gasteiger partial charge is 0.264 e. The van der Waals surface area contributed by atoms with Gasteiger partial charge in [-0.1, -0.05) is 12.1 Å². The minimum absolute atomic E-state index is 0.0367. The molecule has 18 heavy (non-hydrogen) atoms. The molecule has 0 aliphatic carbocycles. The van der Waals surface area contributed by atoms with Gasteiger partial charge in [-0.2, -0.15) is 0 Å². The third-order valence-corrected chi connectivity index (χ3v) is 2.67. The number of carbonyl (C=O) groups excluding carboxylic acids is 1. The Hall–Kier alpha value is -2.30. The molecule has 5 nitrogen and oxygen atoms in total. The molecule has 2 N–H and O–H groups in total. The Bertz CT molecular complexity index is 535. The van der Waals surface area contributed by atoms with Crippen LogP contribution in [0.15, 0.2) is 30.6 Å². The second kappa shape index (κ2) is 5.35. The van der Waals surface area contributed by atoms with Crippen LogP contribution in [0.1, 0.15) is 11.1 Å². The predicted octanol–water partition coefficient (Wildman–Crippen LogP) is 2.04. The normalized spacial score (nSPS) is 10.1. The second-order valence-electron chi connectivity index (χ2n) is 3.97. The van der Waals surface area contributed by atoms with Crippen LogP contribution in [-0.4, -0.2) is 22.5 Å². The Morgan fingerprint density at radius 1 is 1.44 bits per heavy atom. The molecule has 0 radical (unpaired) electrons. The minimum Gasteiger partial charge on any atom is -0.483 e. The van der Waals surface area contributed by atoms with Crippen molar-refractivity contribution in [3.63, 3.8) is 0 Å². The number of amides is 1. The van der Waals surface area contributed by atoms with Gasteiger partial charge < -0.3 is 9.72 Å². The largest absolute Gasteiger partial charge is 0.483 e. The Labute approximate surface area is 105 Å². The van der Waals surface area contributed by atoms with Gasteiger partial charge in [0.05, 0.1) is 0 Å². The van der Waals surface area contributed by atoms with E-state index in [2.05, 4.69) is 15.3 Å². The van der Waals surface area contributed by atoms with Crippen molar-refractivity contribution in [2.75, 3.05) is 11.9 Å². The highest BCUT2D eigenvalue weighted by atomic mass is 16.5. The number of ether oxygens (including phenoxy) is 1. The fourth-order valence-corrected chi connectivity index (χ4v) is 1.53. The first-order valence-electron chi connectivity index (χ1n) is 5.65. The molecule has 0 fully saturated rings. The summed E-state index contributed by atoms with van der Waals surface area (Å²) in [5, 5.41) is 2.60. The van der Waals surface area contributed by atoms with Gasteiger partial charge in [0.1, 0.15) is 5.75 Å². The van der Waals surface area contributed by atoms with Crippen molar-refractivity contribution in [1.29, 1.82) is 0 Å². The maximum Gasteiger partial charge on any atom is 0.264 e. The molecule has 0 spiro atoms. The standard InChI is InChI=1S/C13H15N3O2/c1-9-4-3-5-11(10(9)2)18-8-12(17)16-13-14-6-7-15-13/h3-7H,8H2,1-2H3,(H2,14,15,16,17). The van der Waals surface area contributed by atoms with E-state index in [1.807, 2.05) is 32.0 Å². The number of H-pyrrole nitrogens is 1. The number of imidazole rings is 1. The van der Waals surface area contributed by atoms with Gasteiger partial charge in [-0.25, -0.2) is 4.98 Å². The van der Waals surface area contributed by atoms with Crippen LogP contribution in [0.3, 0.4) is 0 Å². The Morgan fingerprint density at radius 3 is 3.00 bits per heavy atom. The monoisotopic (exact) mass is 245 g/mol. The first-order chi connectivity index (χ1) is 8.66. The molecule has 0 atom stereocenters. The summed E-state index contributed by atoms with van der Waals surface area (Å²) in [4.78, 5) is 18.3. The molecule has 2 rings (SSSR count). The number of hydrogen-bond donors (Lipinski definition) is 2. The summed E-state index contributed by atoms with van der Waals surface area (Å²) in [5.74, 6) is 0.903. The summed E-state index contributed by atoms with van der Waals surface area (Å²) in [6, 6.07) is 5.76. The summed E-state index contributed by atoms with van der Waals surface area (Å²) in [7, 11) is 0. The molecule has 0 unspecified atom stereocenters. The number of nitrogens with one attached hydrogen (secondary N) is 2. The van der Waals surface area contributed by atoms with Crippen molar-refractivity contribution in [2.24, 2.45) is 0 Å². The maximum absolute atomic E-state index is 11.6. The number of nitrogens with zero attached hydrogens (tertiary/aromatic N) is 1. The molecule has 0 bridgehead atoms. The molecular weight excluding hydrogens is 230 g/mol. The van der Waals surface area contributed by atoms with Crippen LogP contribution in [0.2, 0.25) is 0 Å². The van der Waals surface area contributed by atoms with Crippen LogP contribution in [0, 0.1) is 13.8 Å². The van der Waals surface area contributed by atoms with E-state index in [4.69, 9.17) is 4.74 Å². The van der Waals surface area contributed by atoms with Gasteiger partial charge in [0, 0.05) is 12.4 Å². The summed E-state index contributed by atoms with van der Waals surface area (Å²) in [6.07, 6.45) is 3.21. The number of hydrogen-bond acceptors (Lipinski definition) is 3. The van der Waals surface area contributed by atoms with Crippen molar-refractivity contribution in [1.82, 2.24) is 9.97 Å². The SMILES string of the molecule is Cc1cccc(OCC(=O)Nc2ncc[nH]2)c1C. The van der Waals surface area contributed by atoms with Crippen molar-refractivity contribution >= 4 is 11.9 Å². The Balaban J connectivity index is 1.91. The van der Waals surface area contributed by atoms with Crippen LogP contribution < -0.4 is 10.1 Å². The fourth-order valence-electron chi connectivity index (χ4n) is 1.53. The molecule has 0 saturated carbocycles. The van der Waals surface area contributed by atoms with E-state index in [1.54, 1.807) is 12.4 Å². The lowest BCUT2D eigenvalue weighted by atomic mass is 10.1. The van der Waals surface area contributed by atoms with Gasteiger partial charge in [0.25, 0.3) is 5.91 Å². The third kappa shape index (κ3) is 2.88. The van der Waals surface area contributed by atoms with Gasteiger partial charge in [-0.3, -0.25) is 10.1 Å². The van der Waals surface area contributed by atoms with E-state index in [0.717, 1.165) is 16.9 Å². The zero-order chi connectivity index (χ0) is 13.0. The molecule has 0 aliphatic rings. The van der Waals surface area contributed by atoms with Crippen LogP contribution in [0.5, 0.6) is 5.75 Å². The fraction of sp³-hybridized carbons (Fsp3) is 0.231. The lowest BCUT2D eigenvalue weighted by Gasteiger charge is -2.10. The average Bonchev–Trinajstić information content (AvgIpc) is 2.84. The second-order valence-corrected chi connectivity index (χ2v) is 3.97. The van der Waals surface area contributed by atoms with Gasteiger partial charge in [0.2, 0.25) is 5.95 Å². The number of rotatable bonds is 4. The minimum atomic E-state index is -0.245. The lowest BCUT2D eigenvalue weighted by molar-refractivity contribution is -0.118. The molecule has 5 heteroatoms. The van der Waals surface area contributed by atoms with Crippen LogP contribution in [0.25, 0.3) is 0 Å². The van der Waals surface area contributed by atoms with E-state index in [9.17, 15) is 4.79 Å². The first-order valence-corrected chi connectivity index (χ1v) is 5.65. The molecule has 94 valence electrons. The quantitative estimate of drug-likeness (QED) is 0.866. The van der Waals surface area contributed by atoms with Crippen molar-refractivity contribution < 1.29 is 9.53 Å². The zero-order valence-corrected chi connectivity index (χ0v) is 10.4. The number of aryl methyl sites for hydroxylation is 1. The number of anilines is 1. The molecule has 1 aromatic carbocycles. The predicted molar refractivity (Wildman–Crippen MR) is 68.6 cm³/mol. The number of aromatic nitrogens is 2. The van der Waals surface area contributed by atoms with Crippen LogP contribution >= 0.6 is 0 Å². The van der Waals surface area contributed by atoms with E-state index in [1.165, 1.54) is 0 Å². The Kier molecular flexibility index (Phi) is 3.62. The average molecular weight is 245 g/mol. The maximum atomic E-state index is 11.6. The van der Waals surface area contributed by atoms with Crippen molar-refractivity contribution in [3.05, 3.63) is 41.7 Å². The molecule has 0 saturated heterocycles. The summed E-state index contributed by atoms with van der Waals surface area (Å²) in [6.45, 7) is 3.94. The summed E-state index contributed by atoms with van der Waals surface area (Å²) in [5.41, 5.74) is 2.18. The van der Waals surface area contributed by atoms with Gasteiger partial charge in [-0.05, 0) is 31.0 Å². The van der Waals surface area contributed by atoms with Gasteiger partial charge in [-0.15, -0.1) is 0 Å². The van der Waals surface area contributed by atoms with Crippen LogP contribution in [-0.2, 0) is 4.79 Å². The number of carbonyl (C=O) groups is 1. The molecule has 2 aromatic rings. The highest BCUT2D eigenvalue weighted by Gasteiger charge is 2.07. The summed E-state index contributed by atoms with van der Waals surface area (Å²) < 4.78 is 5.47. The van der Waals surface area contributed by atoms with Crippen molar-refractivity contribution in [3.8, 4) is 5.75 Å². The highest BCUT2D eigenvalue weighted by molar-refractivity contribution is 5.90. The number of benzene rings is 1. The molecule has 0 aliphatic heterocycles. The third-order valence-electron chi connectivity index (χ3n) is 2.67. The van der Waals surface area contributed by atoms with E-state index in [-0.39, 0.29) is 12.5 Å². The van der Waals surface area contributed by atoms with Crippen molar-refractivity contribution in [2.45, 2.75) is 13.8 Å². The van der Waals surface area contributed by atoms with Crippen LogP contribution in [0.4, 0.5) is 5.95 Å².